The topological polar surface area (TPSA) is 86.7 Å². The second-order valence-corrected chi connectivity index (χ2v) is 23.2. The Morgan fingerprint density at radius 1 is 0.574 bits per heavy atom. The van der Waals surface area contributed by atoms with Crippen LogP contribution in [0, 0.1) is 69.0 Å². The normalized spacial score (nSPS) is 49.0. The van der Waals surface area contributed by atoms with Crippen LogP contribution in [0.4, 0.5) is 0 Å². The Labute approximate surface area is 332 Å². The fourth-order valence-corrected chi connectivity index (χ4v) is 19.8. The molecule has 0 aromatic heterocycles. The summed E-state index contributed by atoms with van der Waals surface area (Å²) in [6.45, 7) is 16.7. The zero-order valence-electron chi connectivity index (χ0n) is 34.2. The smallest absolute Gasteiger partial charge is 0.302 e. The molecule has 0 aromatic carbocycles. The molecule has 0 spiro atoms. The highest BCUT2D eigenvalue weighted by Gasteiger charge is 2.65. The first-order valence-electron chi connectivity index (χ1n) is 21.6. The van der Waals surface area contributed by atoms with E-state index in [0.29, 0.717) is 47.1 Å². The molecule has 0 aliphatic heterocycles. The van der Waals surface area contributed by atoms with E-state index in [1.165, 1.54) is 37.8 Å². The molecule has 0 saturated heterocycles. The average molecular weight is 779 g/mol. The number of hydrogen-bond donors (Lipinski definition) is 0. The van der Waals surface area contributed by atoms with Crippen molar-refractivity contribution in [2.24, 2.45) is 69.0 Å². The van der Waals surface area contributed by atoms with Crippen LogP contribution in [0.2, 0.25) is 0 Å². The lowest BCUT2D eigenvalue weighted by Crippen LogP contribution is -2.51. The van der Waals surface area contributed by atoms with E-state index >= 15 is 0 Å². The van der Waals surface area contributed by atoms with Gasteiger partial charge in [-0.05, 0) is 148 Å². The molecule has 0 unspecified atom stereocenters. The molecule has 8 rings (SSSR count). The van der Waals surface area contributed by atoms with Gasteiger partial charge in [0.05, 0.1) is 0 Å². The number of ether oxygens (including phenoxy) is 2. The predicted octanol–water partition coefficient (Wildman–Crippen LogP) is 10.5. The van der Waals surface area contributed by atoms with Gasteiger partial charge in [0.15, 0.2) is 0 Å². The van der Waals surface area contributed by atoms with Gasteiger partial charge in [0, 0.05) is 49.0 Å². The van der Waals surface area contributed by atoms with Crippen molar-refractivity contribution < 1.29 is 28.7 Å². The molecule has 298 valence electrons. The van der Waals surface area contributed by atoms with Crippen LogP contribution in [-0.2, 0) is 28.7 Å². The van der Waals surface area contributed by atoms with Gasteiger partial charge in [-0.1, -0.05) is 72.6 Å². The predicted molar refractivity (Wildman–Crippen MR) is 216 cm³/mol. The first kappa shape index (κ1) is 39.3. The van der Waals surface area contributed by atoms with Crippen molar-refractivity contribution in [2.45, 2.75) is 168 Å². The largest absolute Gasteiger partial charge is 0.462 e. The molecule has 6 saturated carbocycles. The molecule has 0 radical (unpaired) electrons. The maximum absolute atomic E-state index is 13.7. The summed E-state index contributed by atoms with van der Waals surface area (Å²) in [6, 6.07) is 0. The minimum absolute atomic E-state index is 0.00821. The summed E-state index contributed by atoms with van der Waals surface area (Å²) in [7, 11) is 3.99. The van der Waals surface area contributed by atoms with Gasteiger partial charge in [-0.25, -0.2) is 0 Å². The summed E-state index contributed by atoms with van der Waals surface area (Å²) < 4.78 is 11.4. The Kier molecular flexibility index (Phi) is 10.2. The number of esters is 2. The zero-order chi connectivity index (χ0) is 38.5. The summed E-state index contributed by atoms with van der Waals surface area (Å²) in [5.41, 5.74) is 3.36. The van der Waals surface area contributed by atoms with E-state index in [1.807, 2.05) is 35.4 Å². The second kappa shape index (κ2) is 14.1. The van der Waals surface area contributed by atoms with Gasteiger partial charge in [-0.2, -0.15) is 0 Å². The number of rotatable bonds is 7. The summed E-state index contributed by atoms with van der Waals surface area (Å²) in [4.78, 5) is 51.0. The Hall–Kier alpha value is -1.54. The van der Waals surface area contributed by atoms with E-state index < -0.39 is 0 Å². The molecule has 6 fully saturated rings. The van der Waals surface area contributed by atoms with Crippen LogP contribution in [0.15, 0.2) is 23.3 Å². The summed E-state index contributed by atoms with van der Waals surface area (Å²) in [5.74, 6) is 3.95. The maximum atomic E-state index is 13.7. The van der Waals surface area contributed by atoms with E-state index in [1.54, 1.807) is 0 Å². The first-order valence-corrected chi connectivity index (χ1v) is 23.8. The van der Waals surface area contributed by atoms with Gasteiger partial charge >= 0.3 is 11.9 Å². The molecule has 0 heterocycles. The average Bonchev–Trinajstić information content (AvgIpc) is 3.57. The van der Waals surface area contributed by atoms with Gasteiger partial charge in [0.1, 0.15) is 23.8 Å². The number of hydrogen-bond acceptors (Lipinski definition) is 8. The standard InChI is InChI=1S/C46H66O6S2/c1-25(47)41-39(23-37-33-11-9-29-21-31(51-27(3)49)13-17-43(29,5)35(33)15-19-45(37,41)7)53-54-40-24-38-34-12-10-30-22-32(52-28(4)50)14-18-44(30,6)36(34)16-20-46(38,8)42(40)26(2)48/h9-10,31-42H,11-24H2,1-8H3/t31-,32-,33-,34-,35-,36+,37-,38-,39-,40+,41+,42+,43+,44-,45+,46-/m1/s1. The number of fused-ring (bicyclic) bond motifs is 10. The molecule has 0 aromatic rings. The van der Waals surface area contributed by atoms with Crippen LogP contribution >= 0.6 is 21.6 Å². The number of allylic oxidation sites excluding steroid dienone is 2. The summed E-state index contributed by atoms with van der Waals surface area (Å²) in [6.07, 6.45) is 19.8. The van der Waals surface area contributed by atoms with Crippen molar-refractivity contribution in [3.05, 3.63) is 23.3 Å². The quantitative estimate of drug-likeness (QED) is 0.143. The highest BCUT2D eigenvalue weighted by atomic mass is 33.1. The number of Topliss-reactive ketones (excluding diaryl/α,β-unsaturated/α-hetero) is 2. The van der Waals surface area contributed by atoms with Crippen LogP contribution in [-0.4, -0.2) is 46.2 Å². The molecule has 16 atom stereocenters. The van der Waals surface area contributed by atoms with Crippen molar-refractivity contribution in [1.29, 1.82) is 0 Å². The van der Waals surface area contributed by atoms with Crippen molar-refractivity contribution in [3.63, 3.8) is 0 Å². The van der Waals surface area contributed by atoms with Gasteiger partial charge in [0.2, 0.25) is 0 Å². The molecular formula is C46H66O6S2. The van der Waals surface area contributed by atoms with Crippen LogP contribution < -0.4 is 0 Å². The molecule has 8 aliphatic carbocycles. The van der Waals surface area contributed by atoms with Crippen molar-refractivity contribution >= 4 is 45.1 Å². The Balaban J connectivity index is 0.995. The molecule has 6 nitrogen and oxygen atoms in total. The minimum atomic E-state index is -0.173. The Morgan fingerprint density at radius 3 is 1.31 bits per heavy atom. The van der Waals surface area contributed by atoms with Crippen LogP contribution in [0.25, 0.3) is 0 Å². The highest BCUT2D eigenvalue weighted by Crippen LogP contribution is 2.71. The van der Waals surface area contributed by atoms with Crippen LogP contribution in [0.5, 0.6) is 0 Å². The maximum Gasteiger partial charge on any atom is 0.302 e. The van der Waals surface area contributed by atoms with E-state index in [-0.39, 0.29) is 68.1 Å². The molecule has 54 heavy (non-hydrogen) atoms. The third kappa shape index (κ3) is 6.17. The summed E-state index contributed by atoms with van der Waals surface area (Å²) >= 11 is 0. The number of carbonyl (C=O) groups is 4. The van der Waals surface area contributed by atoms with Crippen LogP contribution in [0.1, 0.15) is 145 Å². The third-order valence-electron chi connectivity index (χ3n) is 18.0. The van der Waals surface area contributed by atoms with Crippen molar-refractivity contribution in [3.8, 4) is 0 Å². The third-order valence-corrected chi connectivity index (χ3v) is 21.3. The van der Waals surface area contributed by atoms with E-state index in [9.17, 15) is 19.2 Å². The fourth-order valence-electron chi connectivity index (χ4n) is 15.7. The van der Waals surface area contributed by atoms with E-state index in [0.717, 1.165) is 77.0 Å². The highest BCUT2D eigenvalue weighted by molar-refractivity contribution is 8.77. The lowest BCUT2D eigenvalue weighted by molar-refractivity contribution is -0.149. The van der Waals surface area contributed by atoms with Crippen LogP contribution in [0.3, 0.4) is 0 Å². The first-order chi connectivity index (χ1) is 25.5. The molecule has 8 aliphatic rings. The minimum Gasteiger partial charge on any atom is -0.462 e. The SMILES string of the molecule is CC(=O)O[C@@H]1CC[C@@]2(C)C(=CC[C@H]3[C@H]4C[C@@H](SS[C@H]5C[C@@H]6[C@@H]7CC=C8C[C@H](OC(C)=O)CC[C@@]8(C)[C@H]7CC[C@@]6(C)[C@H]5C(C)=O)[C@H](C(C)=O)[C@@]4(C)CC[C@H]32)C1. The van der Waals surface area contributed by atoms with E-state index in [4.69, 9.17) is 9.47 Å². The van der Waals surface area contributed by atoms with Gasteiger partial charge in [-0.3, -0.25) is 19.2 Å². The van der Waals surface area contributed by atoms with Crippen molar-refractivity contribution in [2.75, 3.05) is 0 Å². The fraction of sp³-hybridized carbons (Fsp3) is 0.826. The second-order valence-electron chi connectivity index (χ2n) is 20.5. The Bertz CT molecular complexity index is 1520. The molecular weight excluding hydrogens is 713 g/mol. The van der Waals surface area contributed by atoms with Gasteiger partial charge in [0.25, 0.3) is 0 Å². The molecule has 0 amide bonds. The van der Waals surface area contributed by atoms with Crippen molar-refractivity contribution in [1.82, 2.24) is 0 Å². The van der Waals surface area contributed by atoms with Gasteiger partial charge < -0.3 is 9.47 Å². The molecule has 0 N–H and O–H groups in total. The van der Waals surface area contributed by atoms with Gasteiger partial charge in [-0.15, -0.1) is 0 Å². The number of ketones is 2. The Morgan fingerprint density at radius 2 is 0.963 bits per heavy atom. The summed E-state index contributed by atoms with van der Waals surface area (Å²) in [5, 5.41) is 0.558. The van der Waals surface area contributed by atoms with E-state index in [2.05, 4.69) is 39.8 Å². The lowest BCUT2D eigenvalue weighted by atomic mass is 9.47. The monoisotopic (exact) mass is 778 g/mol. The zero-order valence-corrected chi connectivity index (χ0v) is 35.9. The lowest BCUT2D eigenvalue weighted by Gasteiger charge is -2.58. The molecule has 0 bridgehead atoms. The molecule has 8 heteroatoms. The number of carbonyl (C=O) groups excluding carboxylic acids is 4.